The predicted molar refractivity (Wildman–Crippen MR) is 109 cm³/mol. The van der Waals surface area contributed by atoms with E-state index in [0.717, 1.165) is 22.3 Å². The lowest BCUT2D eigenvalue weighted by atomic mass is 10.0. The molecule has 0 radical (unpaired) electrons. The van der Waals surface area contributed by atoms with Gasteiger partial charge in [-0.2, -0.15) is 5.10 Å². The number of aryl methyl sites for hydroxylation is 2. The van der Waals surface area contributed by atoms with Crippen molar-refractivity contribution in [1.29, 1.82) is 0 Å². The first kappa shape index (κ1) is 19.7. The van der Waals surface area contributed by atoms with Gasteiger partial charge in [-0.05, 0) is 24.5 Å². The van der Waals surface area contributed by atoms with Crippen molar-refractivity contribution in [1.82, 2.24) is 25.2 Å². The van der Waals surface area contributed by atoms with Crippen LogP contribution in [0.4, 0.5) is 16.3 Å². The van der Waals surface area contributed by atoms with Crippen LogP contribution in [0.3, 0.4) is 0 Å². The topological polar surface area (TPSA) is 106 Å². The minimum atomic E-state index is -0.526. The van der Waals surface area contributed by atoms with Crippen molar-refractivity contribution in [3.05, 3.63) is 34.7 Å². The van der Waals surface area contributed by atoms with Gasteiger partial charge in [0, 0.05) is 13.2 Å². The number of pyridine rings is 2. The summed E-state index contributed by atoms with van der Waals surface area (Å²) >= 11 is 6.08. The highest BCUT2D eigenvalue weighted by molar-refractivity contribution is 6.34. The molecule has 0 aliphatic rings. The SMILES string of the molecule is COc1cncc(Cl)c1NC(=O)NNc1cc(C(C)C)c2c(n1)c(C)nn2C. The van der Waals surface area contributed by atoms with Crippen molar-refractivity contribution in [2.45, 2.75) is 26.7 Å². The van der Waals surface area contributed by atoms with Crippen molar-refractivity contribution in [3.8, 4) is 5.75 Å². The number of methoxy groups -OCH3 is 1. The fraction of sp³-hybridized carbons (Fsp3) is 0.333. The Morgan fingerprint density at radius 1 is 1.32 bits per heavy atom. The summed E-state index contributed by atoms with van der Waals surface area (Å²) in [5, 5.41) is 7.35. The van der Waals surface area contributed by atoms with E-state index in [1.165, 1.54) is 19.5 Å². The van der Waals surface area contributed by atoms with Crippen LogP contribution in [0.25, 0.3) is 11.0 Å². The number of hydrogen-bond acceptors (Lipinski definition) is 6. The Hall–Kier alpha value is -3.07. The summed E-state index contributed by atoms with van der Waals surface area (Å²) < 4.78 is 6.99. The van der Waals surface area contributed by atoms with Crippen LogP contribution in [0.1, 0.15) is 31.0 Å². The van der Waals surface area contributed by atoms with E-state index in [0.29, 0.717) is 17.3 Å². The van der Waals surface area contributed by atoms with Crippen LogP contribution in [0.2, 0.25) is 5.02 Å². The second-order valence-electron chi connectivity index (χ2n) is 6.56. The average Bonchev–Trinajstić information content (AvgIpc) is 2.95. The number of aromatic nitrogens is 4. The predicted octanol–water partition coefficient (Wildman–Crippen LogP) is 3.61. The maximum atomic E-state index is 12.3. The number of hydrazine groups is 1. The molecule has 28 heavy (non-hydrogen) atoms. The smallest absolute Gasteiger partial charge is 0.338 e. The van der Waals surface area contributed by atoms with E-state index in [9.17, 15) is 4.79 Å². The Morgan fingerprint density at radius 3 is 2.75 bits per heavy atom. The average molecular weight is 404 g/mol. The molecular formula is C18H22ClN7O2. The maximum Gasteiger partial charge on any atom is 0.338 e. The van der Waals surface area contributed by atoms with E-state index >= 15 is 0 Å². The summed E-state index contributed by atoms with van der Waals surface area (Å²) in [7, 11) is 3.37. The molecule has 10 heteroatoms. The molecule has 0 unspecified atom stereocenters. The highest BCUT2D eigenvalue weighted by Crippen LogP contribution is 2.31. The number of nitrogens with zero attached hydrogens (tertiary/aromatic N) is 4. The molecule has 3 aromatic rings. The Balaban J connectivity index is 1.80. The molecule has 3 aromatic heterocycles. The molecule has 0 aliphatic carbocycles. The number of carbonyl (C=O) groups is 1. The standard InChI is InChI=1S/C18H22ClN7O2/c1-9(2)11-6-14(21-15-10(3)25-26(4)17(11)15)23-24-18(27)22-16-12(19)7-20-8-13(16)28-5/h6-9H,1-5H3,(H,21,23)(H2,20,22,24,27). The van der Waals surface area contributed by atoms with Crippen LogP contribution in [-0.2, 0) is 7.05 Å². The van der Waals surface area contributed by atoms with Gasteiger partial charge >= 0.3 is 6.03 Å². The molecule has 148 valence electrons. The number of halogens is 1. The molecule has 0 atom stereocenters. The van der Waals surface area contributed by atoms with Gasteiger partial charge in [-0.15, -0.1) is 0 Å². The number of carbonyl (C=O) groups excluding carboxylic acids is 1. The normalized spacial score (nSPS) is 11.0. The lowest BCUT2D eigenvalue weighted by molar-refractivity contribution is 0.253. The Morgan fingerprint density at radius 2 is 2.07 bits per heavy atom. The molecule has 0 saturated carbocycles. The zero-order valence-electron chi connectivity index (χ0n) is 16.3. The molecule has 0 bridgehead atoms. The van der Waals surface area contributed by atoms with Crippen LogP contribution in [0.5, 0.6) is 5.75 Å². The summed E-state index contributed by atoms with van der Waals surface area (Å²) in [6.45, 7) is 6.10. The second-order valence-corrected chi connectivity index (χ2v) is 6.97. The van der Waals surface area contributed by atoms with Gasteiger partial charge in [0.05, 0.1) is 29.5 Å². The van der Waals surface area contributed by atoms with Gasteiger partial charge in [-0.25, -0.2) is 9.78 Å². The van der Waals surface area contributed by atoms with Gasteiger partial charge in [-0.3, -0.25) is 20.5 Å². The number of nitrogens with one attached hydrogen (secondary N) is 3. The van der Waals surface area contributed by atoms with Crippen LogP contribution in [0.15, 0.2) is 18.5 Å². The maximum absolute atomic E-state index is 12.3. The second kappa shape index (κ2) is 7.89. The number of ether oxygens (including phenoxy) is 1. The largest absolute Gasteiger partial charge is 0.493 e. The first-order chi connectivity index (χ1) is 13.3. The van der Waals surface area contributed by atoms with E-state index in [-0.39, 0.29) is 10.9 Å². The molecular weight excluding hydrogens is 382 g/mol. The van der Waals surface area contributed by atoms with Crippen LogP contribution >= 0.6 is 11.6 Å². The van der Waals surface area contributed by atoms with Gasteiger partial charge < -0.3 is 10.1 Å². The summed E-state index contributed by atoms with van der Waals surface area (Å²) in [5.41, 5.74) is 9.39. The third kappa shape index (κ3) is 3.79. The van der Waals surface area contributed by atoms with Gasteiger partial charge in [-0.1, -0.05) is 25.4 Å². The Kier molecular flexibility index (Phi) is 5.55. The minimum Gasteiger partial charge on any atom is -0.493 e. The summed E-state index contributed by atoms with van der Waals surface area (Å²) in [6.07, 6.45) is 2.88. The first-order valence-electron chi connectivity index (χ1n) is 8.66. The quantitative estimate of drug-likeness (QED) is 0.562. The third-order valence-electron chi connectivity index (χ3n) is 4.24. The number of fused-ring (bicyclic) bond motifs is 1. The molecule has 0 saturated heterocycles. The van der Waals surface area contributed by atoms with Crippen molar-refractivity contribution in [3.63, 3.8) is 0 Å². The number of urea groups is 1. The van der Waals surface area contributed by atoms with E-state index in [1.54, 1.807) is 0 Å². The summed E-state index contributed by atoms with van der Waals surface area (Å²) in [5.74, 6) is 1.13. The van der Waals surface area contributed by atoms with E-state index in [4.69, 9.17) is 16.3 Å². The summed E-state index contributed by atoms with van der Waals surface area (Å²) in [6, 6.07) is 1.37. The van der Waals surface area contributed by atoms with Crippen LogP contribution in [0, 0.1) is 6.92 Å². The number of amides is 2. The molecule has 3 N–H and O–H groups in total. The molecule has 0 fully saturated rings. The highest BCUT2D eigenvalue weighted by Gasteiger charge is 2.16. The van der Waals surface area contributed by atoms with Gasteiger partial charge in [0.2, 0.25) is 0 Å². The molecule has 3 heterocycles. The lowest BCUT2D eigenvalue weighted by Crippen LogP contribution is -2.34. The summed E-state index contributed by atoms with van der Waals surface area (Å²) in [4.78, 5) is 20.8. The van der Waals surface area contributed by atoms with Crippen LogP contribution in [-0.4, -0.2) is 32.9 Å². The van der Waals surface area contributed by atoms with Gasteiger partial charge in [0.1, 0.15) is 17.0 Å². The highest BCUT2D eigenvalue weighted by atomic mass is 35.5. The molecule has 2 amide bonds. The number of rotatable bonds is 5. The molecule has 0 spiro atoms. The van der Waals surface area contributed by atoms with Crippen molar-refractivity contribution in [2.75, 3.05) is 17.9 Å². The number of hydrogen-bond donors (Lipinski definition) is 3. The molecule has 9 nitrogen and oxygen atoms in total. The molecule has 3 rings (SSSR count). The molecule has 0 aromatic carbocycles. The van der Waals surface area contributed by atoms with Gasteiger partial charge in [0.25, 0.3) is 0 Å². The monoisotopic (exact) mass is 403 g/mol. The zero-order valence-corrected chi connectivity index (χ0v) is 17.0. The fourth-order valence-electron chi connectivity index (χ4n) is 2.94. The zero-order chi connectivity index (χ0) is 20.4. The van der Waals surface area contributed by atoms with Crippen molar-refractivity contribution in [2.24, 2.45) is 7.05 Å². The van der Waals surface area contributed by atoms with Crippen molar-refractivity contribution >= 4 is 40.2 Å². The Bertz CT molecular complexity index is 1030. The van der Waals surface area contributed by atoms with Gasteiger partial charge in [0.15, 0.2) is 5.75 Å². The fourth-order valence-corrected chi connectivity index (χ4v) is 3.13. The molecule has 0 aliphatic heterocycles. The third-order valence-corrected chi connectivity index (χ3v) is 4.52. The lowest BCUT2D eigenvalue weighted by Gasteiger charge is -2.14. The Labute approximate surface area is 167 Å². The first-order valence-corrected chi connectivity index (χ1v) is 9.04. The van der Waals surface area contributed by atoms with E-state index in [1.807, 2.05) is 24.7 Å². The van der Waals surface area contributed by atoms with E-state index < -0.39 is 6.03 Å². The minimum absolute atomic E-state index is 0.259. The van der Waals surface area contributed by atoms with Crippen molar-refractivity contribution < 1.29 is 9.53 Å². The van der Waals surface area contributed by atoms with E-state index in [2.05, 4.69) is 45.1 Å². The number of anilines is 2. The van der Waals surface area contributed by atoms with Crippen LogP contribution < -0.4 is 20.9 Å².